The smallest absolute Gasteiger partial charge is 0.323 e. The highest BCUT2D eigenvalue weighted by atomic mass is 32.1. The largest absolute Gasteiger partial charge is 0.373 e. The molecule has 2 aliphatic heterocycles. The molecule has 2 atom stereocenters. The van der Waals surface area contributed by atoms with E-state index in [0.29, 0.717) is 29.0 Å². The third-order valence-electron chi connectivity index (χ3n) is 4.65. The molecular weight excluding hydrogens is 412 g/mol. The topological polar surface area (TPSA) is 99.7 Å². The summed E-state index contributed by atoms with van der Waals surface area (Å²) in [6.45, 7) is 7.88. The Kier molecular flexibility index (Phi) is 6.09. The number of nitrogens with zero attached hydrogens (tertiary/aromatic N) is 4. The van der Waals surface area contributed by atoms with Gasteiger partial charge in [0.15, 0.2) is 10.3 Å². The Bertz CT molecular complexity index is 875. The van der Waals surface area contributed by atoms with Gasteiger partial charge in [-0.15, -0.1) is 22.7 Å². The summed E-state index contributed by atoms with van der Waals surface area (Å²) in [5.41, 5.74) is 1.60. The summed E-state index contributed by atoms with van der Waals surface area (Å²) < 4.78 is 5.76. The lowest BCUT2D eigenvalue weighted by atomic mass is 10.2. The zero-order valence-electron chi connectivity index (χ0n) is 16.4. The maximum Gasteiger partial charge on any atom is 0.323 e. The average Bonchev–Trinajstić information content (AvgIpc) is 3.36. The fraction of sp³-hybridized carbons (Fsp3) is 0.556. The Morgan fingerprint density at radius 3 is 2.72 bits per heavy atom. The molecule has 2 N–H and O–H groups in total. The number of ether oxygens (including phenoxy) is 1. The number of nitrogens with one attached hydrogen (secondary N) is 2. The molecule has 2 aromatic rings. The molecule has 4 heterocycles. The predicted molar refractivity (Wildman–Crippen MR) is 113 cm³/mol. The summed E-state index contributed by atoms with van der Waals surface area (Å²) in [7, 11) is 0. The van der Waals surface area contributed by atoms with Crippen molar-refractivity contribution in [3.8, 4) is 0 Å². The highest BCUT2D eigenvalue weighted by Gasteiger charge is 2.25. The zero-order valence-corrected chi connectivity index (χ0v) is 18.0. The number of urea groups is 1. The summed E-state index contributed by atoms with van der Waals surface area (Å²) >= 11 is 2.79. The minimum atomic E-state index is -0.165. The molecule has 11 heteroatoms. The number of aromatic nitrogens is 2. The number of carbonyl (C=O) groups is 2. The maximum absolute atomic E-state index is 12.4. The van der Waals surface area contributed by atoms with Crippen molar-refractivity contribution in [1.82, 2.24) is 20.2 Å². The second-order valence-electron chi connectivity index (χ2n) is 7.33. The van der Waals surface area contributed by atoms with Gasteiger partial charge in [0, 0.05) is 43.5 Å². The molecule has 0 aromatic carbocycles. The summed E-state index contributed by atoms with van der Waals surface area (Å²) in [5, 5.41) is 10.6. The van der Waals surface area contributed by atoms with Crippen molar-refractivity contribution in [3.63, 3.8) is 0 Å². The molecule has 156 valence electrons. The summed E-state index contributed by atoms with van der Waals surface area (Å²) in [6.07, 6.45) is 0.580. The van der Waals surface area contributed by atoms with E-state index in [1.54, 1.807) is 4.90 Å². The van der Waals surface area contributed by atoms with Crippen molar-refractivity contribution in [3.05, 3.63) is 22.1 Å². The standard InChI is InChI=1S/C18H24N6O3S2/c1-11-6-23(7-12(2)27-11)8-14-10-28-16(20-14)22-15(25)5-13-9-29-18(21-13)24-4-3-19-17(24)26/h9-12H,3-8H2,1-2H3,(H,19,26)(H,20,22,25). The molecule has 2 aromatic heterocycles. The van der Waals surface area contributed by atoms with Gasteiger partial charge in [-0.25, -0.2) is 14.8 Å². The van der Waals surface area contributed by atoms with Gasteiger partial charge < -0.3 is 15.4 Å². The Balaban J connectivity index is 1.29. The lowest BCUT2D eigenvalue weighted by molar-refractivity contribution is -0.115. The molecule has 3 amide bonds. The molecule has 4 rings (SSSR count). The molecule has 2 fully saturated rings. The van der Waals surface area contributed by atoms with Crippen molar-refractivity contribution in [2.24, 2.45) is 0 Å². The minimum Gasteiger partial charge on any atom is -0.373 e. The van der Waals surface area contributed by atoms with E-state index < -0.39 is 0 Å². The van der Waals surface area contributed by atoms with Crippen LogP contribution >= 0.6 is 22.7 Å². The summed E-state index contributed by atoms with van der Waals surface area (Å²) in [4.78, 5) is 36.9. The van der Waals surface area contributed by atoms with E-state index in [1.165, 1.54) is 22.7 Å². The number of hydrogen-bond donors (Lipinski definition) is 2. The number of hydrogen-bond acceptors (Lipinski definition) is 8. The normalized spacial score (nSPS) is 22.7. The Labute approximate surface area is 177 Å². The van der Waals surface area contributed by atoms with E-state index in [9.17, 15) is 9.59 Å². The van der Waals surface area contributed by atoms with Gasteiger partial charge in [0.1, 0.15) is 0 Å². The van der Waals surface area contributed by atoms with Crippen LogP contribution in [0.5, 0.6) is 0 Å². The van der Waals surface area contributed by atoms with Crippen LogP contribution in [0.4, 0.5) is 15.1 Å². The number of amides is 3. The molecule has 29 heavy (non-hydrogen) atoms. The first kappa shape index (κ1) is 20.2. The van der Waals surface area contributed by atoms with Gasteiger partial charge in [-0.05, 0) is 13.8 Å². The lowest BCUT2D eigenvalue weighted by Gasteiger charge is -2.34. The van der Waals surface area contributed by atoms with E-state index >= 15 is 0 Å². The molecular formula is C18H24N6O3S2. The zero-order chi connectivity index (χ0) is 20.4. The van der Waals surface area contributed by atoms with Gasteiger partial charge >= 0.3 is 6.03 Å². The van der Waals surface area contributed by atoms with E-state index in [2.05, 4.69) is 39.3 Å². The first-order valence-electron chi connectivity index (χ1n) is 9.58. The van der Waals surface area contributed by atoms with Crippen molar-refractivity contribution < 1.29 is 14.3 Å². The number of carbonyl (C=O) groups excluding carboxylic acids is 2. The number of morpholine rings is 1. The fourth-order valence-electron chi connectivity index (χ4n) is 3.56. The molecule has 0 spiro atoms. The van der Waals surface area contributed by atoms with Crippen LogP contribution in [-0.4, -0.2) is 65.2 Å². The van der Waals surface area contributed by atoms with Crippen LogP contribution in [-0.2, 0) is 22.5 Å². The maximum atomic E-state index is 12.4. The summed E-state index contributed by atoms with van der Waals surface area (Å²) in [6, 6.07) is -0.144. The van der Waals surface area contributed by atoms with E-state index in [0.717, 1.165) is 25.3 Å². The lowest BCUT2D eigenvalue weighted by Crippen LogP contribution is -2.44. The van der Waals surface area contributed by atoms with Crippen molar-refractivity contribution in [2.45, 2.75) is 39.0 Å². The van der Waals surface area contributed by atoms with Crippen LogP contribution in [0.3, 0.4) is 0 Å². The Hall–Kier alpha value is -2.08. The van der Waals surface area contributed by atoms with Crippen molar-refractivity contribution >= 4 is 44.9 Å². The molecule has 0 aliphatic carbocycles. The second kappa shape index (κ2) is 8.74. The van der Waals surface area contributed by atoms with Crippen molar-refractivity contribution in [2.75, 3.05) is 36.4 Å². The van der Waals surface area contributed by atoms with Crippen LogP contribution < -0.4 is 15.5 Å². The number of anilines is 2. The van der Waals surface area contributed by atoms with Crippen LogP contribution in [0, 0.1) is 0 Å². The van der Waals surface area contributed by atoms with Gasteiger partial charge in [0.2, 0.25) is 5.91 Å². The first-order chi connectivity index (χ1) is 14.0. The van der Waals surface area contributed by atoms with Gasteiger partial charge in [-0.2, -0.15) is 0 Å². The van der Waals surface area contributed by atoms with Crippen LogP contribution in [0.1, 0.15) is 25.2 Å². The Morgan fingerprint density at radius 2 is 2.00 bits per heavy atom. The monoisotopic (exact) mass is 436 g/mol. The van der Waals surface area contributed by atoms with Gasteiger partial charge in [-0.3, -0.25) is 14.6 Å². The molecule has 0 bridgehead atoms. The number of thiazole rings is 2. The van der Waals surface area contributed by atoms with E-state index in [4.69, 9.17) is 4.74 Å². The first-order valence-corrected chi connectivity index (χ1v) is 11.3. The summed E-state index contributed by atoms with van der Waals surface area (Å²) in [5.74, 6) is -0.165. The molecule has 9 nitrogen and oxygen atoms in total. The average molecular weight is 437 g/mol. The van der Waals surface area contributed by atoms with Crippen LogP contribution in [0.2, 0.25) is 0 Å². The van der Waals surface area contributed by atoms with Crippen LogP contribution in [0.15, 0.2) is 10.8 Å². The third kappa shape index (κ3) is 5.10. The van der Waals surface area contributed by atoms with Crippen molar-refractivity contribution in [1.29, 1.82) is 0 Å². The predicted octanol–water partition coefficient (Wildman–Crippen LogP) is 1.92. The molecule has 0 radical (unpaired) electrons. The SMILES string of the molecule is CC1CN(Cc2csc(NC(=O)Cc3csc(N4CCNC4=O)n3)n2)CC(C)O1. The van der Waals surface area contributed by atoms with Gasteiger partial charge in [-0.1, -0.05) is 0 Å². The molecule has 2 saturated heterocycles. The molecule has 2 aliphatic rings. The number of rotatable bonds is 6. The van der Waals surface area contributed by atoms with Crippen LogP contribution in [0.25, 0.3) is 0 Å². The highest BCUT2D eigenvalue weighted by Crippen LogP contribution is 2.23. The van der Waals surface area contributed by atoms with Gasteiger partial charge in [0.05, 0.1) is 30.0 Å². The second-order valence-corrected chi connectivity index (χ2v) is 9.02. The van der Waals surface area contributed by atoms with E-state index in [1.807, 2.05) is 10.8 Å². The van der Waals surface area contributed by atoms with Gasteiger partial charge in [0.25, 0.3) is 0 Å². The molecule has 0 saturated carbocycles. The third-order valence-corrected chi connectivity index (χ3v) is 6.37. The minimum absolute atomic E-state index is 0.144. The molecule has 2 unspecified atom stereocenters. The quantitative estimate of drug-likeness (QED) is 0.718. The fourth-order valence-corrected chi connectivity index (χ4v) is 5.13. The highest BCUT2D eigenvalue weighted by molar-refractivity contribution is 7.14. The van der Waals surface area contributed by atoms with E-state index in [-0.39, 0.29) is 30.6 Å². The Morgan fingerprint density at radius 1 is 1.24 bits per heavy atom.